The molecule has 1 saturated heterocycles. The molecule has 1 amide bonds. The van der Waals surface area contributed by atoms with Crippen LogP contribution in [0.4, 0.5) is 4.79 Å². The molecule has 8 nitrogen and oxygen atoms in total. The van der Waals surface area contributed by atoms with Crippen molar-refractivity contribution in [2.24, 2.45) is 16.6 Å². The van der Waals surface area contributed by atoms with Crippen LogP contribution < -0.4 is 5.73 Å². The van der Waals surface area contributed by atoms with Crippen LogP contribution in [-0.4, -0.2) is 71.5 Å². The summed E-state index contributed by atoms with van der Waals surface area (Å²) in [6.07, 6.45) is 6.02. The van der Waals surface area contributed by atoms with Gasteiger partial charge in [-0.2, -0.15) is 0 Å². The average Bonchev–Trinajstić information content (AvgIpc) is 3.71. The first-order valence-corrected chi connectivity index (χ1v) is 14.1. The number of likely N-dealkylation sites (tertiary alicyclic amines) is 1. The summed E-state index contributed by atoms with van der Waals surface area (Å²) in [6, 6.07) is 15.6. The molecule has 2 aromatic carbocycles. The van der Waals surface area contributed by atoms with E-state index in [1.807, 2.05) is 37.8 Å². The van der Waals surface area contributed by atoms with Crippen molar-refractivity contribution in [1.82, 2.24) is 9.80 Å². The Morgan fingerprint density at radius 3 is 2.25 bits per heavy atom. The fourth-order valence-corrected chi connectivity index (χ4v) is 5.44. The summed E-state index contributed by atoms with van der Waals surface area (Å²) in [5.41, 5.74) is 9.75. The first kappa shape index (κ1) is 29.3. The highest BCUT2D eigenvalue weighted by molar-refractivity contribution is 6.09. The Morgan fingerprint density at radius 1 is 1.07 bits per heavy atom. The number of amides is 1. The Labute approximate surface area is 237 Å². The van der Waals surface area contributed by atoms with Crippen molar-refractivity contribution in [3.05, 3.63) is 77.0 Å². The molecule has 0 spiro atoms. The van der Waals surface area contributed by atoms with E-state index in [-0.39, 0.29) is 12.1 Å². The number of hydrogen-bond donors (Lipinski definition) is 2. The van der Waals surface area contributed by atoms with Crippen molar-refractivity contribution in [3.8, 4) is 0 Å². The maximum atomic E-state index is 13.3. The monoisotopic (exact) mass is 546 g/mol. The molecule has 3 N–H and O–H groups in total. The maximum Gasteiger partial charge on any atom is 0.410 e. The lowest BCUT2D eigenvalue weighted by atomic mass is 9.95. The molecule has 2 aromatic rings. The molecular formula is C32H42N4O4. The molecule has 214 valence electrons. The highest BCUT2D eigenvalue weighted by Crippen LogP contribution is 2.46. The van der Waals surface area contributed by atoms with E-state index in [9.17, 15) is 9.59 Å². The van der Waals surface area contributed by atoms with Crippen molar-refractivity contribution in [1.29, 1.82) is 0 Å². The molecule has 0 bridgehead atoms. The molecule has 0 radical (unpaired) electrons. The van der Waals surface area contributed by atoms with Gasteiger partial charge in [-0.1, -0.05) is 36.4 Å². The molecule has 1 aliphatic carbocycles. The van der Waals surface area contributed by atoms with Gasteiger partial charge < -0.3 is 20.5 Å². The van der Waals surface area contributed by atoms with E-state index in [0.717, 1.165) is 55.6 Å². The number of carbonyl (C=O) groups excluding carboxylic acids is 1. The summed E-state index contributed by atoms with van der Waals surface area (Å²) < 4.78 is 5.84. The minimum Gasteiger partial charge on any atom is -0.478 e. The molecule has 1 aliphatic heterocycles. The van der Waals surface area contributed by atoms with Crippen LogP contribution in [0.25, 0.3) is 5.57 Å². The van der Waals surface area contributed by atoms with E-state index in [1.165, 1.54) is 5.56 Å². The highest BCUT2D eigenvalue weighted by Gasteiger charge is 2.46. The molecule has 0 aromatic heterocycles. The van der Waals surface area contributed by atoms with E-state index >= 15 is 0 Å². The zero-order valence-electron chi connectivity index (χ0n) is 24.0. The van der Waals surface area contributed by atoms with E-state index in [2.05, 4.69) is 34.2 Å². The van der Waals surface area contributed by atoms with Crippen LogP contribution in [0.15, 0.2) is 59.7 Å². The third-order valence-corrected chi connectivity index (χ3v) is 7.67. The van der Waals surface area contributed by atoms with Gasteiger partial charge in [-0.25, -0.2) is 9.59 Å². The molecule has 1 saturated carbocycles. The van der Waals surface area contributed by atoms with Crippen molar-refractivity contribution in [2.75, 3.05) is 26.7 Å². The Morgan fingerprint density at radius 2 is 1.70 bits per heavy atom. The lowest BCUT2D eigenvalue weighted by molar-refractivity contribution is 0.0170. The lowest BCUT2D eigenvalue weighted by Crippen LogP contribution is -2.44. The van der Waals surface area contributed by atoms with Crippen molar-refractivity contribution >= 4 is 23.9 Å². The molecule has 2 aliphatic rings. The fraction of sp³-hybridized carbons (Fsp3) is 0.469. The molecule has 2 atom stereocenters. The predicted octanol–water partition coefficient (Wildman–Crippen LogP) is 5.39. The summed E-state index contributed by atoms with van der Waals surface area (Å²) in [5, 5.41) is 9.12. The number of hydrogen-bond acceptors (Lipinski definition) is 6. The zero-order valence-corrected chi connectivity index (χ0v) is 24.0. The number of aliphatic imine (C=N–C) groups is 1. The molecular weight excluding hydrogens is 504 g/mol. The second-order valence-electron chi connectivity index (χ2n) is 11.9. The number of carboxylic acid groups (broad SMARTS) is 1. The van der Waals surface area contributed by atoms with Gasteiger partial charge in [-0.05, 0) is 87.9 Å². The third-order valence-electron chi connectivity index (χ3n) is 7.67. The summed E-state index contributed by atoms with van der Waals surface area (Å²) in [7, 11) is 1.73. The quantitative estimate of drug-likeness (QED) is 0.408. The first-order valence-electron chi connectivity index (χ1n) is 14.1. The van der Waals surface area contributed by atoms with Gasteiger partial charge in [0.25, 0.3) is 0 Å². The number of rotatable bonds is 9. The number of piperidine rings is 1. The maximum absolute atomic E-state index is 13.3. The summed E-state index contributed by atoms with van der Waals surface area (Å²) in [5.74, 6) is -0.204. The molecule has 8 heteroatoms. The van der Waals surface area contributed by atoms with Gasteiger partial charge in [0.05, 0.1) is 5.56 Å². The Kier molecular flexibility index (Phi) is 9.30. The molecule has 40 heavy (non-hydrogen) atoms. The van der Waals surface area contributed by atoms with Gasteiger partial charge in [-0.15, -0.1) is 0 Å². The van der Waals surface area contributed by atoms with Crippen LogP contribution in [-0.2, 0) is 11.3 Å². The fourth-order valence-electron chi connectivity index (χ4n) is 5.44. The minimum absolute atomic E-state index is 0.133. The largest absolute Gasteiger partial charge is 0.478 e. The molecule has 2 fully saturated rings. The van der Waals surface area contributed by atoms with Crippen LogP contribution in [0.1, 0.15) is 73.0 Å². The molecule has 1 heterocycles. The van der Waals surface area contributed by atoms with E-state index in [4.69, 9.17) is 15.6 Å². The van der Waals surface area contributed by atoms with Crippen LogP contribution >= 0.6 is 0 Å². The number of aromatic carboxylic acids is 1. The number of carboxylic acids is 1. The Bertz CT molecular complexity index is 1220. The van der Waals surface area contributed by atoms with Gasteiger partial charge in [0, 0.05) is 50.1 Å². The Balaban J connectivity index is 1.37. The first-order chi connectivity index (χ1) is 19.1. The van der Waals surface area contributed by atoms with Crippen LogP contribution in [0.2, 0.25) is 0 Å². The highest BCUT2D eigenvalue weighted by atomic mass is 16.6. The number of nitrogens with two attached hydrogens (primary N) is 1. The number of allylic oxidation sites excluding steroid dienone is 1. The van der Waals surface area contributed by atoms with Crippen LogP contribution in [0, 0.1) is 5.92 Å². The third kappa shape index (κ3) is 7.72. The standard InChI is InChI=1S/C32H42N4O4/c1-32(2,3)40-31(39)36(29-17-28(29)25-11-9-24(10-12-25)27(18-33)19-34-4)21-23-13-15-35(16-14-23)20-22-5-7-26(8-6-22)30(37)38/h5-12,18-19,23,28-29H,13-17,20-21,33H2,1-4H3,(H,37,38). The summed E-state index contributed by atoms with van der Waals surface area (Å²) in [6.45, 7) is 9.13. The Hall–Kier alpha value is -3.65. The summed E-state index contributed by atoms with van der Waals surface area (Å²) in [4.78, 5) is 32.9. The average molecular weight is 547 g/mol. The van der Waals surface area contributed by atoms with Crippen molar-refractivity contribution in [3.63, 3.8) is 0 Å². The van der Waals surface area contributed by atoms with Gasteiger partial charge in [0.1, 0.15) is 5.60 Å². The SMILES string of the molecule is CN=CC(=CN)c1ccc(C2CC2N(CC2CCN(Cc3ccc(C(=O)O)cc3)CC2)C(=O)OC(C)(C)C)cc1. The van der Waals surface area contributed by atoms with Gasteiger partial charge in [0.15, 0.2) is 0 Å². The lowest BCUT2D eigenvalue weighted by Gasteiger charge is -2.36. The van der Waals surface area contributed by atoms with Gasteiger partial charge in [-0.3, -0.25) is 9.89 Å². The van der Waals surface area contributed by atoms with Crippen molar-refractivity contribution < 1.29 is 19.4 Å². The zero-order chi connectivity index (χ0) is 28.9. The minimum atomic E-state index is -0.906. The normalized spacial score (nSPS) is 20.4. The second kappa shape index (κ2) is 12.7. The van der Waals surface area contributed by atoms with Crippen LogP contribution in [0.5, 0.6) is 0 Å². The van der Waals surface area contributed by atoms with E-state index in [1.54, 1.807) is 31.6 Å². The number of ether oxygens (including phenoxy) is 1. The molecule has 4 rings (SSSR count). The topological polar surface area (TPSA) is 108 Å². The van der Waals surface area contributed by atoms with E-state index in [0.29, 0.717) is 23.9 Å². The predicted molar refractivity (Wildman–Crippen MR) is 159 cm³/mol. The van der Waals surface area contributed by atoms with Gasteiger partial charge >= 0.3 is 12.1 Å². The number of carbonyl (C=O) groups is 2. The smallest absolute Gasteiger partial charge is 0.410 e. The second-order valence-corrected chi connectivity index (χ2v) is 11.9. The number of nitrogens with zero attached hydrogens (tertiary/aromatic N) is 3. The van der Waals surface area contributed by atoms with Gasteiger partial charge in [0.2, 0.25) is 0 Å². The van der Waals surface area contributed by atoms with Crippen molar-refractivity contribution in [2.45, 2.75) is 64.1 Å². The molecule has 2 unspecified atom stereocenters. The number of benzene rings is 2. The van der Waals surface area contributed by atoms with Crippen LogP contribution in [0.3, 0.4) is 0 Å². The summed E-state index contributed by atoms with van der Waals surface area (Å²) >= 11 is 0. The van der Waals surface area contributed by atoms with E-state index < -0.39 is 11.6 Å².